The van der Waals surface area contributed by atoms with Crippen molar-refractivity contribution in [2.24, 2.45) is 17.3 Å². The third-order valence-electron chi connectivity index (χ3n) is 13.0. The van der Waals surface area contributed by atoms with Gasteiger partial charge in [-0.3, -0.25) is 14.4 Å². The van der Waals surface area contributed by atoms with Crippen LogP contribution >= 0.6 is 0 Å². The summed E-state index contributed by atoms with van der Waals surface area (Å²) in [7, 11) is 1.40. The highest BCUT2D eigenvalue weighted by Gasteiger charge is 2.37. The van der Waals surface area contributed by atoms with Gasteiger partial charge in [-0.15, -0.1) is 0 Å². The lowest BCUT2D eigenvalue weighted by molar-refractivity contribution is -0.148. The minimum absolute atomic E-state index is 0.0109. The van der Waals surface area contributed by atoms with E-state index in [0.717, 1.165) is 47.1 Å². The van der Waals surface area contributed by atoms with Crippen LogP contribution in [-0.2, 0) is 32.0 Å². The number of H-pyrrole nitrogens is 1. The number of dihydropyridines is 1. The number of hydrogen-bond acceptors (Lipinski definition) is 10. The van der Waals surface area contributed by atoms with Crippen LogP contribution in [0.4, 0.5) is 5.69 Å². The average molecular weight is 845 g/mol. The summed E-state index contributed by atoms with van der Waals surface area (Å²) in [6.07, 6.45) is 24.9. The molecule has 2 aromatic heterocycles. The zero-order valence-corrected chi connectivity index (χ0v) is 36.2. The molecule has 328 valence electrons. The summed E-state index contributed by atoms with van der Waals surface area (Å²) in [6.45, 7) is 6.27. The molecule has 12 heteroatoms. The number of fused-ring (bicyclic) bond motifs is 3. The Kier molecular flexibility index (Phi) is 13.8. The van der Waals surface area contributed by atoms with E-state index in [-0.39, 0.29) is 59.8 Å². The van der Waals surface area contributed by atoms with Crippen LogP contribution in [0.2, 0.25) is 0 Å². The van der Waals surface area contributed by atoms with E-state index in [4.69, 9.17) is 9.47 Å². The van der Waals surface area contributed by atoms with Gasteiger partial charge in [-0.2, -0.15) is 0 Å². The molecule has 1 aliphatic carbocycles. The number of aromatic hydroxyl groups is 2. The standard InChI is InChI=1S/C50H60N4O8/c1-32-9-5-6-16-50(32)17-13-42(62-34(3)57)25-41(58)26-45(38-22-46(59)49(60)47(23-38)61-4)53-30-37-10-7-12-44(43(37)31-53)54(19-15-33(2)56)48-24-36(14-18-52-48)35(11-8-20-55)21-39-28-51-29-40(39)27-50/h5-7,9-10,12,14,16,22-24,28-32,35,42,45,51-52,55,59-60H,8,11,13,15,17-21,25-27H2,1-4H3. The first kappa shape index (κ1) is 44.1. The van der Waals surface area contributed by atoms with Gasteiger partial charge in [0.15, 0.2) is 11.5 Å². The number of aromatic nitrogens is 2. The van der Waals surface area contributed by atoms with E-state index in [9.17, 15) is 29.7 Å². The summed E-state index contributed by atoms with van der Waals surface area (Å²) in [5.74, 6) is -0.128. The maximum Gasteiger partial charge on any atom is 0.302 e. The normalized spacial score (nSPS) is 23.3. The van der Waals surface area contributed by atoms with Crippen molar-refractivity contribution in [1.82, 2.24) is 14.9 Å². The molecule has 2 aromatic carbocycles. The van der Waals surface area contributed by atoms with Gasteiger partial charge in [-0.1, -0.05) is 49.4 Å². The van der Waals surface area contributed by atoms with Crippen LogP contribution in [0.3, 0.4) is 0 Å². The van der Waals surface area contributed by atoms with E-state index < -0.39 is 23.9 Å². The first-order valence-electron chi connectivity index (χ1n) is 21.8. The molecule has 4 heterocycles. The summed E-state index contributed by atoms with van der Waals surface area (Å²) in [5.41, 5.74) is 4.65. The van der Waals surface area contributed by atoms with E-state index in [0.29, 0.717) is 44.3 Å². The molecule has 5 N–H and O–H groups in total. The number of benzene rings is 2. The molecule has 0 saturated heterocycles. The van der Waals surface area contributed by atoms with Crippen molar-refractivity contribution in [3.8, 4) is 17.2 Å². The number of nitrogens with zero attached hydrogens (tertiary/aromatic N) is 2. The third kappa shape index (κ3) is 9.86. The van der Waals surface area contributed by atoms with Crippen molar-refractivity contribution >= 4 is 34.0 Å². The molecule has 4 bridgehead atoms. The lowest BCUT2D eigenvalue weighted by atomic mass is 9.66. The number of aromatic amines is 1. The molecule has 1 spiro atoms. The van der Waals surface area contributed by atoms with Gasteiger partial charge in [-0.05, 0) is 109 Å². The number of phenols is 2. The Morgan fingerprint density at radius 1 is 1.03 bits per heavy atom. The quantitative estimate of drug-likeness (QED) is 0.0821. The molecular formula is C50H60N4O8. The fourth-order valence-corrected chi connectivity index (χ4v) is 9.57. The predicted molar refractivity (Wildman–Crippen MR) is 240 cm³/mol. The van der Waals surface area contributed by atoms with Gasteiger partial charge in [0.2, 0.25) is 5.75 Å². The second-order valence-corrected chi connectivity index (χ2v) is 17.2. The molecule has 2 aliphatic heterocycles. The van der Waals surface area contributed by atoms with Crippen molar-refractivity contribution in [1.29, 1.82) is 0 Å². The van der Waals surface area contributed by atoms with Crippen LogP contribution in [0.1, 0.15) is 88.4 Å². The molecular weight excluding hydrogens is 785 g/mol. The number of carbonyl (C=O) groups excluding carboxylic acids is 3. The van der Waals surface area contributed by atoms with Crippen LogP contribution in [-0.4, -0.2) is 75.3 Å². The predicted octanol–water partition coefficient (Wildman–Crippen LogP) is 8.13. The highest BCUT2D eigenvalue weighted by molar-refractivity contribution is 5.95. The van der Waals surface area contributed by atoms with Gasteiger partial charge >= 0.3 is 5.97 Å². The Morgan fingerprint density at radius 2 is 1.85 bits per heavy atom. The Morgan fingerprint density at radius 3 is 2.61 bits per heavy atom. The minimum atomic E-state index is -0.675. The van der Waals surface area contributed by atoms with Crippen molar-refractivity contribution in [3.63, 3.8) is 0 Å². The largest absolute Gasteiger partial charge is 0.504 e. The molecule has 0 saturated carbocycles. The van der Waals surface area contributed by atoms with Crippen molar-refractivity contribution in [2.75, 3.05) is 31.7 Å². The van der Waals surface area contributed by atoms with E-state index in [1.165, 1.54) is 31.2 Å². The van der Waals surface area contributed by atoms with Crippen LogP contribution < -0.4 is 15.0 Å². The highest BCUT2D eigenvalue weighted by atomic mass is 16.5. The number of phenolic OH excluding ortho intramolecular Hbond substituents is 2. The summed E-state index contributed by atoms with van der Waals surface area (Å²) < 4.78 is 13.3. The third-order valence-corrected chi connectivity index (χ3v) is 13.0. The van der Waals surface area contributed by atoms with Crippen LogP contribution in [0.25, 0.3) is 10.8 Å². The lowest BCUT2D eigenvalue weighted by Crippen LogP contribution is -2.36. The molecule has 0 radical (unpaired) electrons. The zero-order chi connectivity index (χ0) is 44.0. The molecule has 12 nitrogen and oxygen atoms in total. The Labute approximate surface area is 363 Å². The van der Waals surface area contributed by atoms with Crippen LogP contribution in [0.15, 0.2) is 103 Å². The number of hydrogen-bond donors (Lipinski definition) is 5. The Balaban J connectivity index is 1.39. The number of ether oxygens (including phenoxy) is 2. The summed E-state index contributed by atoms with van der Waals surface area (Å²) in [6, 6.07) is 8.43. The SMILES string of the molecule is COc1cc(C2CC(=O)CC(OC(C)=O)CCC3(C=CC=CC3C)Cc3c[nH]cc3CC(CCCO)C3=CCNC(=C3)N(CCC(C)=O)c3cccc4cn2cc34)cc(O)c1O. The fraction of sp³-hybridized carbons (Fsp3) is 0.420. The summed E-state index contributed by atoms with van der Waals surface area (Å²) in [4.78, 5) is 45.2. The smallest absolute Gasteiger partial charge is 0.302 e. The maximum absolute atomic E-state index is 14.4. The van der Waals surface area contributed by atoms with Crippen molar-refractivity contribution < 1.29 is 39.2 Å². The number of nitrogens with one attached hydrogen (secondary N) is 2. The van der Waals surface area contributed by atoms with Gasteiger partial charge in [0, 0.05) is 81.4 Å². The summed E-state index contributed by atoms with van der Waals surface area (Å²) >= 11 is 0. The van der Waals surface area contributed by atoms with E-state index in [2.05, 4.69) is 71.0 Å². The second kappa shape index (κ2) is 19.4. The number of anilines is 1. The van der Waals surface area contributed by atoms with Gasteiger partial charge in [0.1, 0.15) is 23.5 Å². The van der Waals surface area contributed by atoms with E-state index in [1.54, 1.807) is 13.0 Å². The number of carbonyl (C=O) groups is 3. The fourth-order valence-electron chi connectivity index (χ4n) is 9.57. The number of allylic oxidation sites excluding steroid dienone is 6. The topological polar surface area (TPSA) is 166 Å². The van der Waals surface area contributed by atoms with Crippen LogP contribution in [0.5, 0.6) is 17.2 Å². The molecule has 5 atom stereocenters. The second-order valence-electron chi connectivity index (χ2n) is 17.2. The number of esters is 1. The van der Waals surface area contributed by atoms with Gasteiger partial charge < -0.3 is 44.6 Å². The zero-order valence-electron chi connectivity index (χ0n) is 36.2. The molecule has 7 rings (SSSR count). The van der Waals surface area contributed by atoms with E-state index >= 15 is 0 Å². The number of methoxy groups -OCH3 is 1. The first-order valence-corrected chi connectivity index (χ1v) is 21.8. The summed E-state index contributed by atoms with van der Waals surface area (Å²) in [5, 5.41) is 36.9. The number of aliphatic hydroxyl groups excluding tert-OH is 1. The average Bonchev–Trinajstić information content (AvgIpc) is 3.89. The van der Waals surface area contributed by atoms with E-state index in [1.807, 2.05) is 35.2 Å². The number of rotatable bonds is 9. The Hall–Kier alpha value is -6.01. The first-order chi connectivity index (χ1) is 29.9. The number of ketones is 2. The van der Waals surface area contributed by atoms with Gasteiger partial charge in [-0.25, -0.2) is 0 Å². The Bertz CT molecular complexity index is 2400. The number of aliphatic hydroxyl groups is 1. The molecule has 4 aromatic rings. The highest BCUT2D eigenvalue weighted by Crippen LogP contribution is 2.44. The van der Waals surface area contributed by atoms with Gasteiger partial charge in [0.05, 0.1) is 18.8 Å². The molecule has 62 heavy (non-hydrogen) atoms. The number of Topliss-reactive ketones (excluding diaryl/α,β-unsaturated/α-hetero) is 2. The maximum atomic E-state index is 14.4. The molecule has 0 fully saturated rings. The lowest BCUT2D eigenvalue weighted by Gasteiger charge is -2.38. The minimum Gasteiger partial charge on any atom is -0.504 e. The molecule has 3 aliphatic rings. The van der Waals surface area contributed by atoms with Crippen molar-refractivity contribution in [2.45, 2.75) is 90.7 Å². The monoisotopic (exact) mass is 844 g/mol. The molecule has 0 amide bonds. The van der Waals surface area contributed by atoms with Gasteiger partial charge in [0.25, 0.3) is 0 Å². The van der Waals surface area contributed by atoms with Crippen LogP contribution in [0, 0.1) is 17.3 Å². The van der Waals surface area contributed by atoms with Crippen molar-refractivity contribution in [3.05, 3.63) is 120 Å². The molecule has 5 unspecified atom stereocenters.